The van der Waals surface area contributed by atoms with E-state index in [0.29, 0.717) is 34.1 Å². The maximum absolute atomic E-state index is 11.9. The minimum atomic E-state index is -0.360. The Hall–Kier alpha value is -4.40. The molecule has 0 aromatic carbocycles. The molecule has 1 atom stereocenters. The smallest absolute Gasteiger partial charge is 0.245 e. The maximum Gasteiger partial charge on any atom is 0.245 e. The first-order valence-corrected chi connectivity index (χ1v) is 13.5. The van der Waals surface area contributed by atoms with Crippen LogP contribution in [-0.2, 0) is 4.79 Å². The highest BCUT2D eigenvalue weighted by atomic mass is 16.5. The molecule has 5 rings (SSSR count). The van der Waals surface area contributed by atoms with E-state index in [-0.39, 0.29) is 18.1 Å². The van der Waals surface area contributed by atoms with Gasteiger partial charge in [-0.1, -0.05) is 12.6 Å². The third kappa shape index (κ3) is 5.23. The van der Waals surface area contributed by atoms with Crippen LogP contribution in [0.2, 0.25) is 0 Å². The van der Waals surface area contributed by atoms with Crippen molar-refractivity contribution in [2.45, 2.75) is 44.9 Å². The number of hydrogen-bond acceptors (Lipinski definition) is 9. The van der Waals surface area contributed by atoms with Crippen molar-refractivity contribution >= 4 is 17.1 Å². The number of rotatable bonds is 8. The molecule has 40 heavy (non-hydrogen) atoms. The van der Waals surface area contributed by atoms with Gasteiger partial charge in [0.2, 0.25) is 5.91 Å². The number of amides is 1. The number of likely N-dealkylation sites (tertiary alicyclic amines) is 2. The quantitative estimate of drug-likeness (QED) is 0.250. The van der Waals surface area contributed by atoms with Crippen molar-refractivity contribution in [2.24, 2.45) is 11.6 Å². The SMILES string of the molecule is C=CC(=O)N1CCC(N2CC(N(N)/C(C)=C(\N)c3cc(OC(C)c4ccccn4)c4c(C#N)cnn4c3)C2)CC1. The van der Waals surface area contributed by atoms with Crippen LogP contribution in [-0.4, -0.2) is 73.6 Å². The molecule has 2 aliphatic rings. The van der Waals surface area contributed by atoms with Gasteiger partial charge in [0.1, 0.15) is 29.0 Å². The number of ether oxygens (including phenoxy) is 1. The molecule has 5 heterocycles. The Morgan fingerprint density at radius 2 is 2.08 bits per heavy atom. The normalized spacial score (nSPS) is 18.0. The van der Waals surface area contributed by atoms with Crippen LogP contribution in [0.15, 0.2) is 61.2 Å². The molecule has 3 aromatic heterocycles. The number of nitrogens with zero attached hydrogens (tertiary/aromatic N) is 7. The molecule has 4 N–H and O–H groups in total. The van der Waals surface area contributed by atoms with Gasteiger partial charge in [0, 0.05) is 50.2 Å². The van der Waals surface area contributed by atoms with Crippen LogP contribution in [0.4, 0.5) is 0 Å². The fourth-order valence-corrected chi connectivity index (χ4v) is 5.43. The molecule has 0 spiro atoms. The number of carbonyl (C=O) groups is 1. The first kappa shape index (κ1) is 27.2. The molecule has 11 heteroatoms. The molecular weight excluding hydrogens is 506 g/mol. The summed E-state index contributed by atoms with van der Waals surface area (Å²) in [5.74, 6) is 7.05. The van der Waals surface area contributed by atoms with Crippen LogP contribution in [0, 0.1) is 11.3 Å². The van der Waals surface area contributed by atoms with Crippen molar-refractivity contribution in [3.63, 3.8) is 0 Å². The number of nitrogens with two attached hydrogens (primary N) is 2. The summed E-state index contributed by atoms with van der Waals surface area (Å²) in [5.41, 5.74) is 10.3. The lowest BCUT2D eigenvalue weighted by atomic mass is 9.96. The van der Waals surface area contributed by atoms with Crippen molar-refractivity contribution in [2.75, 3.05) is 26.2 Å². The Labute approximate surface area is 233 Å². The number of fused-ring (bicyclic) bond motifs is 1. The zero-order valence-electron chi connectivity index (χ0n) is 22.9. The molecule has 2 fully saturated rings. The van der Waals surface area contributed by atoms with Crippen molar-refractivity contribution in [1.82, 2.24) is 29.4 Å². The standard InChI is InChI=1S/C29H35N9O2/c1-4-27(39)35-11-8-23(9-12-35)36-17-24(18-36)38(32)19(2)28(31)21-13-26(29-22(14-30)15-34-37(29)16-21)40-20(3)25-7-5-6-10-33-25/h4-7,10,13,15-16,20,23-24H,1,8-9,11-12,17-18,31-32H2,2-3H3/b28-19-. The molecule has 0 saturated carbocycles. The number of carbonyl (C=O) groups excluding carboxylic acids is 1. The van der Waals surface area contributed by atoms with Crippen molar-refractivity contribution in [3.05, 3.63) is 78.0 Å². The first-order chi connectivity index (χ1) is 19.3. The van der Waals surface area contributed by atoms with Crippen molar-refractivity contribution in [1.29, 1.82) is 5.26 Å². The monoisotopic (exact) mass is 541 g/mol. The summed E-state index contributed by atoms with van der Waals surface area (Å²) < 4.78 is 7.92. The minimum absolute atomic E-state index is 0.00111. The Bertz CT molecular complexity index is 1460. The highest BCUT2D eigenvalue weighted by molar-refractivity contribution is 5.87. The van der Waals surface area contributed by atoms with E-state index in [4.69, 9.17) is 16.3 Å². The van der Waals surface area contributed by atoms with Gasteiger partial charge in [0.05, 0.1) is 29.3 Å². The summed E-state index contributed by atoms with van der Waals surface area (Å²) in [6.07, 6.45) is 7.93. The van der Waals surface area contributed by atoms with Crippen molar-refractivity contribution < 1.29 is 9.53 Å². The summed E-state index contributed by atoms with van der Waals surface area (Å²) in [4.78, 5) is 20.5. The maximum atomic E-state index is 11.9. The van der Waals surface area contributed by atoms with Crippen LogP contribution < -0.4 is 16.3 Å². The van der Waals surface area contributed by atoms with Crippen LogP contribution in [0.3, 0.4) is 0 Å². The summed E-state index contributed by atoms with van der Waals surface area (Å²) in [5, 5.41) is 15.8. The summed E-state index contributed by atoms with van der Waals surface area (Å²) in [6, 6.07) is 10.2. The summed E-state index contributed by atoms with van der Waals surface area (Å²) in [6.45, 7) is 10.6. The van der Waals surface area contributed by atoms with E-state index in [9.17, 15) is 10.1 Å². The molecule has 0 radical (unpaired) electrons. The second-order valence-corrected chi connectivity index (χ2v) is 10.3. The number of pyridine rings is 2. The average molecular weight is 542 g/mol. The molecule has 1 unspecified atom stereocenters. The molecule has 2 aliphatic heterocycles. The topological polar surface area (TPSA) is 142 Å². The molecular formula is C29H35N9O2. The molecule has 0 bridgehead atoms. The van der Waals surface area contributed by atoms with Gasteiger partial charge in [0.15, 0.2) is 0 Å². The second kappa shape index (κ2) is 11.4. The lowest BCUT2D eigenvalue weighted by Crippen LogP contribution is -2.64. The lowest BCUT2D eigenvalue weighted by molar-refractivity contribution is -0.128. The van der Waals surface area contributed by atoms with Gasteiger partial charge in [-0.2, -0.15) is 10.4 Å². The van der Waals surface area contributed by atoms with Gasteiger partial charge in [-0.3, -0.25) is 14.7 Å². The van der Waals surface area contributed by atoms with Gasteiger partial charge in [-0.25, -0.2) is 10.4 Å². The van der Waals surface area contributed by atoms with Crippen LogP contribution in [0.5, 0.6) is 5.75 Å². The Morgan fingerprint density at radius 3 is 2.73 bits per heavy atom. The number of nitriles is 1. The van der Waals surface area contributed by atoms with E-state index in [1.54, 1.807) is 21.9 Å². The third-order valence-corrected chi connectivity index (χ3v) is 7.94. The fraction of sp³-hybridized carbons (Fsp3) is 0.379. The zero-order valence-corrected chi connectivity index (χ0v) is 22.9. The molecule has 2 saturated heterocycles. The van der Waals surface area contributed by atoms with Gasteiger partial charge in [-0.15, -0.1) is 0 Å². The van der Waals surface area contributed by atoms with E-state index < -0.39 is 0 Å². The molecule has 3 aromatic rings. The Morgan fingerprint density at radius 1 is 1.32 bits per heavy atom. The van der Waals surface area contributed by atoms with Gasteiger partial charge >= 0.3 is 0 Å². The molecule has 0 aliphatic carbocycles. The van der Waals surface area contributed by atoms with Gasteiger partial charge in [-0.05, 0) is 51.0 Å². The third-order valence-electron chi connectivity index (χ3n) is 7.94. The largest absolute Gasteiger partial charge is 0.482 e. The highest BCUT2D eigenvalue weighted by Gasteiger charge is 2.37. The summed E-state index contributed by atoms with van der Waals surface area (Å²) >= 11 is 0. The zero-order chi connectivity index (χ0) is 28.4. The van der Waals surface area contributed by atoms with Crippen LogP contribution in [0.1, 0.15) is 49.6 Å². The van der Waals surface area contributed by atoms with E-state index in [1.165, 1.54) is 12.3 Å². The molecule has 1 amide bonds. The van der Waals surface area contributed by atoms with Gasteiger partial charge in [0.25, 0.3) is 0 Å². The average Bonchev–Trinajstić information content (AvgIpc) is 3.39. The van der Waals surface area contributed by atoms with Gasteiger partial charge < -0.3 is 20.4 Å². The predicted molar refractivity (Wildman–Crippen MR) is 151 cm³/mol. The Kier molecular flexibility index (Phi) is 7.73. The van der Waals surface area contributed by atoms with E-state index in [1.807, 2.05) is 43.0 Å². The number of aromatic nitrogens is 3. The van der Waals surface area contributed by atoms with E-state index >= 15 is 0 Å². The van der Waals surface area contributed by atoms with Crippen molar-refractivity contribution in [3.8, 4) is 11.8 Å². The number of hydrogen-bond donors (Lipinski definition) is 2. The van der Waals surface area contributed by atoms with Crippen LogP contribution >= 0.6 is 0 Å². The number of piperidine rings is 1. The lowest BCUT2D eigenvalue weighted by Gasteiger charge is -2.50. The summed E-state index contributed by atoms with van der Waals surface area (Å²) in [7, 11) is 0. The van der Waals surface area contributed by atoms with E-state index in [0.717, 1.165) is 50.4 Å². The molecule has 208 valence electrons. The fourth-order valence-electron chi connectivity index (χ4n) is 5.43. The van der Waals surface area contributed by atoms with E-state index in [2.05, 4.69) is 27.6 Å². The molecule has 11 nitrogen and oxygen atoms in total. The minimum Gasteiger partial charge on any atom is -0.482 e. The second-order valence-electron chi connectivity index (χ2n) is 10.3. The highest BCUT2D eigenvalue weighted by Crippen LogP contribution is 2.32. The van der Waals surface area contributed by atoms with Crippen LogP contribution in [0.25, 0.3) is 11.2 Å². The predicted octanol–water partition coefficient (Wildman–Crippen LogP) is 2.43. The number of allylic oxidation sites excluding steroid dienone is 1. The first-order valence-electron chi connectivity index (χ1n) is 13.5. The number of hydrazine groups is 1. The Balaban J connectivity index is 1.31.